The first-order valence-corrected chi connectivity index (χ1v) is 10.7. The minimum Gasteiger partial charge on any atom is -0.478 e. The molecule has 3 aliphatic rings. The molecular formula is C23H24ClN3O2. The Labute approximate surface area is 175 Å². The summed E-state index contributed by atoms with van der Waals surface area (Å²) in [5, 5.41) is 17.2. The summed E-state index contributed by atoms with van der Waals surface area (Å²) in [4.78, 5) is 11.4. The number of hydrogen-bond acceptors (Lipinski definition) is 4. The largest absolute Gasteiger partial charge is 0.478 e. The van der Waals surface area contributed by atoms with Crippen LogP contribution in [0, 0.1) is 11.8 Å². The Balaban J connectivity index is 1.59. The number of fused-ring (bicyclic) bond motifs is 3. The number of carboxylic acid groups (broad SMARTS) is 1. The molecule has 150 valence electrons. The molecule has 3 N–H and O–H groups in total. The molecule has 6 heteroatoms. The molecule has 0 spiro atoms. The first kappa shape index (κ1) is 18.5. The molecule has 0 radical (unpaired) electrons. The highest BCUT2D eigenvalue weighted by atomic mass is 35.5. The molecule has 0 saturated heterocycles. The van der Waals surface area contributed by atoms with Crippen molar-refractivity contribution in [2.24, 2.45) is 16.9 Å². The van der Waals surface area contributed by atoms with Crippen LogP contribution in [0.3, 0.4) is 0 Å². The Bertz CT molecular complexity index is 1010. The van der Waals surface area contributed by atoms with Crippen molar-refractivity contribution in [3.05, 3.63) is 58.1 Å². The number of hydrogen-bond donors (Lipinski definition) is 2. The smallest absolute Gasteiger partial charge is 0.335 e. The van der Waals surface area contributed by atoms with Crippen molar-refractivity contribution in [1.82, 2.24) is 0 Å². The second-order valence-corrected chi connectivity index (χ2v) is 8.80. The van der Waals surface area contributed by atoms with E-state index in [0.29, 0.717) is 34.2 Å². The third kappa shape index (κ3) is 3.08. The highest BCUT2D eigenvalue weighted by Crippen LogP contribution is 2.45. The number of halogens is 1. The second-order valence-electron chi connectivity index (χ2n) is 8.39. The van der Waals surface area contributed by atoms with Gasteiger partial charge in [-0.3, -0.25) is 5.01 Å². The van der Waals surface area contributed by atoms with Gasteiger partial charge in [0.15, 0.2) is 0 Å². The lowest BCUT2D eigenvalue weighted by atomic mass is 9.75. The lowest BCUT2D eigenvalue weighted by Gasteiger charge is -2.34. The summed E-state index contributed by atoms with van der Waals surface area (Å²) in [6.45, 7) is 0. The van der Waals surface area contributed by atoms with Crippen LogP contribution in [0.25, 0.3) is 0 Å². The van der Waals surface area contributed by atoms with Crippen molar-refractivity contribution < 1.29 is 9.90 Å². The number of rotatable bonds is 3. The Kier molecular flexibility index (Phi) is 4.50. The van der Waals surface area contributed by atoms with Gasteiger partial charge in [-0.15, -0.1) is 0 Å². The van der Waals surface area contributed by atoms with Crippen molar-refractivity contribution in [2.75, 3.05) is 10.7 Å². The van der Waals surface area contributed by atoms with Gasteiger partial charge in [0.05, 0.1) is 33.7 Å². The predicted molar refractivity (Wildman–Crippen MR) is 116 cm³/mol. The Morgan fingerprint density at radius 3 is 2.66 bits per heavy atom. The molecule has 5 rings (SSSR count). The van der Waals surface area contributed by atoms with E-state index in [1.165, 1.54) is 25.7 Å². The number of carbonyl (C=O) groups is 1. The van der Waals surface area contributed by atoms with Crippen LogP contribution >= 0.6 is 11.6 Å². The van der Waals surface area contributed by atoms with Gasteiger partial charge in [0.1, 0.15) is 0 Å². The van der Waals surface area contributed by atoms with Crippen LogP contribution in [-0.4, -0.2) is 22.8 Å². The molecule has 5 nitrogen and oxygen atoms in total. The van der Waals surface area contributed by atoms with Crippen molar-refractivity contribution in [3.63, 3.8) is 0 Å². The number of hydrazone groups is 1. The van der Waals surface area contributed by atoms with Gasteiger partial charge < -0.3 is 10.8 Å². The summed E-state index contributed by atoms with van der Waals surface area (Å²) in [5.41, 5.74) is 11.1. The summed E-state index contributed by atoms with van der Waals surface area (Å²) in [6.07, 6.45) is 6.90. The standard InChI is InChI=1S/C23H24ClN3O2/c24-19-12-16(7-10-20(19)25)27-22(13-3-1-2-4-13)18-9-5-14-11-15(23(28)29)6-8-17(14)21(18)26-27/h6-8,10-13,18,22H,1-5,9,25H2,(H,28,29)/t18-,22-/m0/s1. The number of benzene rings is 2. The molecule has 0 amide bonds. The summed E-state index contributed by atoms with van der Waals surface area (Å²) in [6, 6.07) is 11.5. The third-order valence-electron chi connectivity index (χ3n) is 6.75. The molecule has 1 heterocycles. The molecule has 2 aliphatic carbocycles. The van der Waals surface area contributed by atoms with Gasteiger partial charge >= 0.3 is 5.97 Å². The summed E-state index contributed by atoms with van der Waals surface area (Å²) < 4.78 is 0. The van der Waals surface area contributed by atoms with Crippen molar-refractivity contribution >= 4 is 34.7 Å². The number of nitrogens with two attached hydrogens (primary N) is 1. The van der Waals surface area contributed by atoms with E-state index in [1.54, 1.807) is 6.07 Å². The first-order valence-electron chi connectivity index (χ1n) is 10.3. The van der Waals surface area contributed by atoms with Crippen molar-refractivity contribution in [3.8, 4) is 0 Å². The molecule has 2 atom stereocenters. The topological polar surface area (TPSA) is 78.9 Å². The molecular weight excluding hydrogens is 386 g/mol. The van der Waals surface area contributed by atoms with Gasteiger partial charge in [0, 0.05) is 11.5 Å². The van der Waals surface area contributed by atoms with E-state index in [9.17, 15) is 9.90 Å². The van der Waals surface area contributed by atoms with Gasteiger partial charge in [-0.25, -0.2) is 4.79 Å². The minimum absolute atomic E-state index is 0.319. The van der Waals surface area contributed by atoms with E-state index < -0.39 is 5.97 Å². The zero-order chi connectivity index (χ0) is 20.1. The summed E-state index contributed by atoms with van der Waals surface area (Å²) in [5.74, 6) is 0.0836. The van der Waals surface area contributed by atoms with Crippen LogP contribution in [0.15, 0.2) is 41.5 Å². The molecule has 1 aliphatic heterocycles. The SMILES string of the molecule is Nc1ccc(N2N=C3c4ccc(C(=O)O)cc4CC[C@@H]3[C@@H]2C2CCCC2)cc1Cl. The number of aryl methyl sites for hydroxylation is 1. The fraction of sp³-hybridized carbons (Fsp3) is 0.391. The van der Waals surface area contributed by atoms with E-state index in [1.807, 2.05) is 30.3 Å². The van der Waals surface area contributed by atoms with Crippen LogP contribution in [0.5, 0.6) is 0 Å². The third-order valence-corrected chi connectivity index (χ3v) is 7.07. The molecule has 29 heavy (non-hydrogen) atoms. The monoisotopic (exact) mass is 409 g/mol. The first-order chi connectivity index (χ1) is 14.0. The number of nitrogens with zero attached hydrogens (tertiary/aromatic N) is 2. The maximum absolute atomic E-state index is 11.4. The highest BCUT2D eigenvalue weighted by Gasteiger charge is 2.45. The quantitative estimate of drug-likeness (QED) is 0.702. The number of nitrogen functional groups attached to an aromatic ring is 1. The van der Waals surface area contributed by atoms with E-state index in [0.717, 1.165) is 35.4 Å². The fourth-order valence-electron chi connectivity index (χ4n) is 5.36. The van der Waals surface area contributed by atoms with Gasteiger partial charge in [0.2, 0.25) is 0 Å². The Morgan fingerprint density at radius 2 is 1.93 bits per heavy atom. The lowest BCUT2D eigenvalue weighted by molar-refractivity contribution is 0.0696. The molecule has 2 aromatic carbocycles. The van der Waals surface area contributed by atoms with Crippen LogP contribution in [0.4, 0.5) is 11.4 Å². The normalized spacial score (nSPS) is 23.6. The van der Waals surface area contributed by atoms with Crippen LogP contribution < -0.4 is 10.7 Å². The van der Waals surface area contributed by atoms with Crippen molar-refractivity contribution in [2.45, 2.75) is 44.6 Å². The van der Waals surface area contributed by atoms with E-state index >= 15 is 0 Å². The molecule has 1 saturated carbocycles. The van der Waals surface area contributed by atoms with Crippen LogP contribution in [0.1, 0.15) is 53.6 Å². The molecule has 0 aromatic heterocycles. The predicted octanol–water partition coefficient (Wildman–Crippen LogP) is 4.97. The second kappa shape index (κ2) is 7.06. The molecule has 0 unspecified atom stereocenters. The van der Waals surface area contributed by atoms with E-state index in [-0.39, 0.29) is 0 Å². The lowest BCUT2D eigenvalue weighted by Crippen LogP contribution is -2.40. The van der Waals surface area contributed by atoms with Crippen LogP contribution in [0.2, 0.25) is 5.02 Å². The zero-order valence-corrected chi connectivity index (χ0v) is 16.9. The maximum Gasteiger partial charge on any atom is 0.335 e. The minimum atomic E-state index is -0.884. The van der Waals surface area contributed by atoms with Gasteiger partial charge in [0.25, 0.3) is 0 Å². The molecule has 2 aromatic rings. The number of aromatic carboxylic acids is 1. The fourth-order valence-corrected chi connectivity index (χ4v) is 5.53. The Morgan fingerprint density at radius 1 is 1.14 bits per heavy atom. The number of anilines is 2. The summed E-state index contributed by atoms with van der Waals surface area (Å²) >= 11 is 6.32. The van der Waals surface area contributed by atoms with Gasteiger partial charge in [-0.1, -0.05) is 30.5 Å². The molecule has 0 bridgehead atoms. The average Bonchev–Trinajstić information content (AvgIpc) is 3.36. The number of carboxylic acids is 1. The average molecular weight is 410 g/mol. The zero-order valence-electron chi connectivity index (χ0n) is 16.1. The van der Waals surface area contributed by atoms with Gasteiger partial charge in [-0.05, 0) is 67.5 Å². The Hall–Kier alpha value is -2.53. The molecule has 1 fully saturated rings. The maximum atomic E-state index is 11.4. The van der Waals surface area contributed by atoms with Gasteiger partial charge in [-0.2, -0.15) is 5.10 Å². The summed E-state index contributed by atoms with van der Waals surface area (Å²) in [7, 11) is 0. The van der Waals surface area contributed by atoms with E-state index in [4.69, 9.17) is 22.4 Å². The van der Waals surface area contributed by atoms with Crippen LogP contribution in [-0.2, 0) is 6.42 Å². The van der Waals surface area contributed by atoms with Crippen molar-refractivity contribution in [1.29, 1.82) is 0 Å². The van der Waals surface area contributed by atoms with E-state index in [2.05, 4.69) is 5.01 Å². The highest BCUT2D eigenvalue weighted by molar-refractivity contribution is 6.33.